The van der Waals surface area contributed by atoms with Gasteiger partial charge in [0, 0.05) is 23.8 Å². The first-order valence-electron chi connectivity index (χ1n) is 8.01. The summed E-state index contributed by atoms with van der Waals surface area (Å²) in [4.78, 5) is 0.0277. The summed E-state index contributed by atoms with van der Waals surface area (Å²) in [6.07, 6.45) is 0. The summed E-state index contributed by atoms with van der Waals surface area (Å²) < 4.78 is 35.5. The van der Waals surface area contributed by atoms with Crippen LogP contribution in [0.3, 0.4) is 0 Å². The van der Waals surface area contributed by atoms with Gasteiger partial charge in [-0.05, 0) is 25.0 Å². The molecule has 7 heteroatoms. The topological polar surface area (TPSA) is 95.4 Å². The normalized spacial score (nSPS) is 11.7. The van der Waals surface area contributed by atoms with E-state index >= 15 is 0 Å². The Morgan fingerprint density at radius 2 is 1.69 bits per heavy atom. The lowest BCUT2D eigenvalue weighted by Crippen LogP contribution is -2.15. The van der Waals surface area contributed by atoms with E-state index in [4.69, 9.17) is 14.4 Å². The van der Waals surface area contributed by atoms with Gasteiger partial charge in [-0.2, -0.15) is 0 Å². The highest BCUT2D eigenvalue weighted by Crippen LogP contribution is 2.37. The summed E-state index contributed by atoms with van der Waals surface area (Å²) in [7, 11) is -2.43. The molecular weight excluding hydrogens is 352 g/mol. The fraction of sp³-hybridized carbons (Fsp3) is 0.211. The molecule has 0 saturated heterocycles. The third-order valence-electron chi connectivity index (χ3n) is 4.32. The molecule has 1 aromatic heterocycles. The lowest BCUT2D eigenvalue weighted by atomic mass is 9.96. The van der Waals surface area contributed by atoms with Gasteiger partial charge in [-0.3, -0.25) is 0 Å². The van der Waals surface area contributed by atoms with E-state index in [9.17, 15) is 8.42 Å². The Morgan fingerprint density at radius 3 is 2.31 bits per heavy atom. The van der Waals surface area contributed by atoms with Crippen molar-refractivity contribution in [3.8, 4) is 22.4 Å². The molecule has 0 aliphatic carbocycles. The Bertz CT molecular complexity index is 1060. The molecule has 0 amide bonds. The Morgan fingerprint density at radius 1 is 1.04 bits per heavy atom. The van der Waals surface area contributed by atoms with Crippen LogP contribution < -0.4 is 5.14 Å². The SMILES string of the molecule is COCc1ccccc1-c1cccc(-c2noc(C)c2C)c1S(N)(=O)=O. The first-order chi connectivity index (χ1) is 12.3. The number of methoxy groups -OCH3 is 1. The highest BCUT2D eigenvalue weighted by Gasteiger charge is 2.25. The molecule has 0 unspecified atom stereocenters. The molecule has 0 saturated carbocycles. The van der Waals surface area contributed by atoms with E-state index in [1.165, 1.54) is 0 Å². The second-order valence-corrected chi connectivity index (χ2v) is 7.53. The van der Waals surface area contributed by atoms with Gasteiger partial charge in [0.2, 0.25) is 10.0 Å². The Kier molecular flexibility index (Phi) is 4.95. The van der Waals surface area contributed by atoms with Gasteiger partial charge in [-0.1, -0.05) is 47.6 Å². The molecule has 0 fully saturated rings. The summed E-state index contributed by atoms with van der Waals surface area (Å²) in [6, 6.07) is 12.7. The molecule has 3 aromatic rings. The number of aromatic nitrogens is 1. The van der Waals surface area contributed by atoms with Crippen LogP contribution in [-0.2, 0) is 21.4 Å². The minimum Gasteiger partial charge on any atom is -0.380 e. The van der Waals surface area contributed by atoms with Crippen LogP contribution in [0.5, 0.6) is 0 Å². The number of nitrogens with two attached hydrogens (primary N) is 1. The molecule has 26 heavy (non-hydrogen) atoms. The smallest absolute Gasteiger partial charge is 0.239 e. The maximum atomic E-state index is 12.5. The standard InChI is InChI=1S/C19H20N2O4S/c1-12-13(2)25-21-18(12)17-10-6-9-16(19(17)26(20,22)23)15-8-5-4-7-14(15)11-24-3/h4-10H,11H2,1-3H3,(H2,20,22,23). The minimum absolute atomic E-state index is 0.0277. The Hall–Kier alpha value is -2.48. The van der Waals surface area contributed by atoms with Gasteiger partial charge in [0.1, 0.15) is 11.5 Å². The largest absolute Gasteiger partial charge is 0.380 e. The van der Waals surface area contributed by atoms with Gasteiger partial charge in [-0.25, -0.2) is 13.6 Å². The quantitative estimate of drug-likeness (QED) is 0.740. The zero-order valence-corrected chi connectivity index (χ0v) is 15.6. The lowest BCUT2D eigenvalue weighted by Gasteiger charge is -2.15. The van der Waals surface area contributed by atoms with Crippen LogP contribution in [0, 0.1) is 13.8 Å². The average molecular weight is 372 g/mol. The second kappa shape index (κ2) is 7.03. The minimum atomic E-state index is -4.02. The highest BCUT2D eigenvalue weighted by molar-refractivity contribution is 7.89. The van der Waals surface area contributed by atoms with Crippen molar-refractivity contribution in [1.29, 1.82) is 0 Å². The number of primary sulfonamides is 1. The predicted molar refractivity (Wildman–Crippen MR) is 98.9 cm³/mol. The number of nitrogens with zero attached hydrogens (tertiary/aromatic N) is 1. The molecule has 2 N–H and O–H groups in total. The van der Waals surface area contributed by atoms with E-state index in [1.54, 1.807) is 32.2 Å². The van der Waals surface area contributed by atoms with Crippen molar-refractivity contribution in [1.82, 2.24) is 5.16 Å². The monoisotopic (exact) mass is 372 g/mol. The van der Waals surface area contributed by atoms with Crippen LogP contribution in [0.1, 0.15) is 16.9 Å². The number of sulfonamides is 1. The van der Waals surface area contributed by atoms with Crippen molar-refractivity contribution >= 4 is 10.0 Å². The maximum absolute atomic E-state index is 12.5. The fourth-order valence-corrected chi connectivity index (χ4v) is 3.93. The van der Waals surface area contributed by atoms with Crippen molar-refractivity contribution in [3.63, 3.8) is 0 Å². The first kappa shape index (κ1) is 18.3. The van der Waals surface area contributed by atoms with Crippen LogP contribution in [-0.4, -0.2) is 20.7 Å². The number of hydrogen-bond acceptors (Lipinski definition) is 5. The van der Waals surface area contributed by atoms with E-state index in [0.29, 0.717) is 29.2 Å². The molecule has 1 heterocycles. The molecule has 0 aliphatic rings. The zero-order chi connectivity index (χ0) is 18.9. The van der Waals surface area contributed by atoms with Gasteiger partial charge in [0.25, 0.3) is 0 Å². The summed E-state index contributed by atoms with van der Waals surface area (Å²) in [5.74, 6) is 0.630. The average Bonchev–Trinajstić information content (AvgIpc) is 2.93. The summed E-state index contributed by atoms with van der Waals surface area (Å²) in [5, 5.41) is 9.63. The van der Waals surface area contributed by atoms with Crippen molar-refractivity contribution in [2.45, 2.75) is 25.3 Å². The lowest BCUT2D eigenvalue weighted by molar-refractivity contribution is 0.185. The van der Waals surface area contributed by atoms with Crippen LogP contribution >= 0.6 is 0 Å². The van der Waals surface area contributed by atoms with E-state index in [0.717, 1.165) is 16.7 Å². The van der Waals surface area contributed by atoms with Crippen LogP contribution in [0.4, 0.5) is 0 Å². The van der Waals surface area contributed by atoms with Crippen molar-refractivity contribution in [2.24, 2.45) is 5.14 Å². The predicted octanol–water partition coefficient (Wildman–Crippen LogP) is 3.42. The van der Waals surface area contributed by atoms with Crippen molar-refractivity contribution in [3.05, 3.63) is 59.4 Å². The molecule has 0 radical (unpaired) electrons. The zero-order valence-electron chi connectivity index (χ0n) is 14.8. The van der Waals surface area contributed by atoms with Crippen molar-refractivity contribution in [2.75, 3.05) is 7.11 Å². The van der Waals surface area contributed by atoms with Crippen LogP contribution in [0.15, 0.2) is 51.9 Å². The number of benzene rings is 2. The van der Waals surface area contributed by atoms with E-state index < -0.39 is 10.0 Å². The van der Waals surface area contributed by atoms with Crippen LogP contribution in [0.2, 0.25) is 0 Å². The third kappa shape index (κ3) is 3.29. The second-order valence-electron chi connectivity index (χ2n) is 6.03. The number of hydrogen-bond donors (Lipinski definition) is 1. The first-order valence-corrected chi connectivity index (χ1v) is 9.55. The van der Waals surface area contributed by atoms with Crippen molar-refractivity contribution < 1.29 is 17.7 Å². The van der Waals surface area contributed by atoms with Gasteiger partial charge in [-0.15, -0.1) is 0 Å². The summed E-state index contributed by atoms with van der Waals surface area (Å²) in [6.45, 7) is 3.96. The molecule has 0 bridgehead atoms. The molecular formula is C19H20N2O4S. The molecule has 2 aromatic carbocycles. The molecule has 136 valence electrons. The summed E-state index contributed by atoms with van der Waals surface area (Å²) >= 11 is 0. The fourth-order valence-electron chi connectivity index (χ4n) is 2.98. The van der Waals surface area contributed by atoms with E-state index in [1.807, 2.05) is 31.2 Å². The molecule has 0 aliphatic heterocycles. The van der Waals surface area contributed by atoms with Crippen LogP contribution in [0.25, 0.3) is 22.4 Å². The van der Waals surface area contributed by atoms with Gasteiger partial charge in [0.15, 0.2) is 0 Å². The maximum Gasteiger partial charge on any atom is 0.239 e. The van der Waals surface area contributed by atoms with E-state index in [2.05, 4.69) is 5.16 Å². The molecule has 6 nitrogen and oxygen atoms in total. The number of aryl methyl sites for hydroxylation is 1. The number of ether oxygens (including phenoxy) is 1. The van der Waals surface area contributed by atoms with Gasteiger partial charge in [0.05, 0.1) is 11.5 Å². The highest BCUT2D eigenvalue weighted by atomic mass is 32.2. The summed E-state index contributed by atoms with van der Waals surface area (Å²) in [5.41, 5.74) is 3.79. The Balaban J connectivity index is 2.36. The third-order valence-corrected chi connectivity index (χ3v) is 5.33. The van der Waals surface area contributed by atoms with Gasteiger partial charge >= 0.3 is 0 Å². The molecule has 0 spiro atoms. The number of rotatable bonds is 5. The molecule has 3 rings (SSSR count). The van der Waals surface area contributed by atoms with E-state index in [-0.39, 0.29) is 4.90 Å². The molecule has 0 atom stereocenters. The Labute approximate surface area is 152 Å². The van der Waals surface area contributed by atoms with Gasteiger partial charge < -0.3 is 9.26 Å².